The van der Waals surface area contributed by atoms with Crippen molar-refractivity contribution in [1.82, 2.24) is 0 Å². The van der Waals surface area contributed by atoms with Gasteiger partial charge in [-0.2, -0.15) is 0 Å². The lowest BCUT2D eigenvalue weighted by molar-refractivity contribution is 0.281. The summed E-state index contributed by atoms with van der Waals surface area (Å²) in [7, 11) is 0. The van der Waals surface area contributed by atoms with Gasteiger partial charge in [-0.05, 0) is 30.7 Å². The largest absolute Gasteiger partial charge is 0.398 e. The molecule has 0 saturated heterocycles. The maximum absolute atomic E-state index is 9.15. The highest BCUT2D eigenvalue weighted by Gasteiger charge is 2.09. The third-order valence-corrected chi connectivity index (χ3v) is 3.50. The van der Waals surface area contributed by atoms with Gasteiger partial charge in [0.25, 0.3) is 0 Å². The molecule has 2 rings (SSSR count). The first kappa shape index (κ1) is 15.4. The van der Waals surface area contributed by atoms with Crippen LogP contribution in [-0.4, -0.2) is 36.5 Å². The van der Waals surface area contributed by atoms with Crippen LogP contribution in [0.5, 0.6) is 0 Å². The molecule has 112 valence electrons. The van der Waals surface area contributed by atoms with Crippen LogP contribution in [0.3, 0.4) is 0 Å². The molecule has 0 bridgehead atoms. The van der Waals surface area contributed by atoms with Gasteiger partial charge in [0.05, 0.1) is 13.2 Å². The Bertz CT molecular complexity index is 576. The number of hydrogen-bond acceptors (Lipinski definition) is 4. The minimum absolute atomic E-state index is 0.0459. The number of aryl methyl sites for hydroxylation is 1. The molecule has 0 radical (unpaired) electrons. The molecule has 21 heavy (non-hydrogen) atoms. The van der Waals surface area contributed by atoms with E-state index in [0.717, 1.165) is 22.5 Å². The quantitative estimate of drug-likeness (QED) is 0.711. The maximum atomic E-state index is 9.15. The van der Waals surface area contributed by atoms with Crippen LogP contribution in [0.2, 0.25) is 0 Å². The number of anilines is 2. The zero-order chi connectivity index (χ0) is 15.2. The zero-order valence-electron chi connectivity index (χ0n) is 12.3. The van der Waals surface area contributed by atoms with E-state index >= 15 is 0 Å². The zero-order valence-corrected chi connectivity index (χ0v) is 12.3. The van der Waals surface area contributed by atoms with Crippen LogP contribution < -0.4 is 10.6 Å². The van der Waals surface area contributed by atoms with Crippen LogP contribution in [0.15, 0.2) is 42.5 Å². The van der Waals surface area contributed by atoms with E-state index in [0.29, 0.717) is 13.1 Å². The lowest BCUT2D eigenvalue weighted by Gasteiger charge is -2.24. The number of benzene rings is 2. The van der Waals surface area contributed by atoms with Crippen molar-refractivity contribution in [1.29, 1.82) is 0 Å². The molecule has 0 aliphatic rings. The van der Waals surface area contributed by atoms with E-state index in [1.165, 1.54) is 5.56 Å². The molecule has 0 fully saturated rings. The Morgan fingerprint density at radius 2 is 1.57 bits per heavy atom. The Kier molecular flexibility index (Phi) is 5.20. The molecule has 0 amide bonds. The van der Waals surface area contributed by atoms with Crippen molar-refractivity contribution < 1.29 is 10.2 Å². The Hall–Kier alpha value is -2.04. The highest BCUT2D eigenvalue weighted by molar-refractivity contribution is 5.80. The summed E-state index contributed by atoms with van der Waals surface area (Å²) in [6.45, 7) is 3.11. The van der Waals surface area contributed by atoms with E-state index in [4.69, 9.17) is 15.9 Å². The summed E-state index contributed by atoms with van der Waals surface area (Å²) in [5.41, 5.74) is 11.0. The Labute approximate surface area is 125 Å². The second-order valence-corrected chi connectivity index (χ2v) is 5.07. The van der Waals surface area contributed by atoms with Gasteiger partial charge in [-0.15, -0.1) is 0 Å². The molecule has 2 aromatic carbocycles. The van der Waals surface area contributed by atoms with Gasteiger partial charge in [-0.25, -0.2) is 0 Å². The molecule has 4 heteroatoms. The summed E-state index contributed by atoms with van der Waals surface area (Å²) in [6, 6.07) is 14.0. The molecule has 0 aromatic heterocycles. The average Bonchev–Trinajstić information content (AvgIpc) is 2.49. The first-order chi connectivity index (χ1) is 10.2. The fraction of sp³-hybridized carbons (Fsp3) is 0.294. The van der Waals surface area contributed by atoms with Crippen molar-refractivity contribution in [3.05, 3.63) is 48.0 Å². The second-order valence-electron chi connectivity index (χ2n) is 5.07. The number of aliphatic hydroxyl groups excluding tert-OH is 2. The van der Waals surface area contributed by atoms with Crippen molar-refractivity contribution >= 4 is 11.4 Å². The van der Waals surface area contributed by atoms with Gasteiger partial charge in [-0.1, -0.05) is 29.8 Å². The normalized spacial score (nSPS) is 10.6. The smallest absolute Gasteiger partial charge is 0.0606 e. The van der Waals surface area contributed by atoms with Crippen molar-refractivity contribution in [2.75, 3.05) is 36.9 Å². The Morgan fingerprint density at radius 1 is 0.952 bits per heavy atom. The monoisotopic (exact) mass is 286 g/mol. The molecule has 2 aromatic rings. The molecule has 0 atom stereocenters. The SMILES string of the molecule is Cc1ccc(-c2cc(N(CCO)CCO)ccc2N)cc1. The fourth-order valence-electron chi connectivity index (χ4n) is 2.34. The number of aliphatic hydroxyl groups is 2. The Morgan fingerprint density at radius 3 is 2.14 bits per heavy atom. The number of nitrogens with zero attached hydrogens (tertiary/aromatic N) is 1. The number of hydrogen-bond donors (Lipinski definition) is 3. The van der Waals surface area contributed by atoms with E-state index in [1.807, 2.05) is 42.2 Å². The van der Waals surface area contributed by atoms with Gasteiger partial charge in [-0.3, -0.25) is 0 Å². The van der Waals surface area contributed by atoms with E-state index < -0.39 is 0 Å². The van der Waals surface area contributed by atoms with Crippen LogP contribution >= 0.6 is 0 Å². The van der Waals surface area contributed by atoms with Gasteiger partial charge in [0, 0.05) is 30.0 Å². The summed E-state index contributed by atoms with van der Waals surface area (Å²) in [5.74, 6) is 0. The lowest BCUT2D eigenvalue weighted by atomic mass is 10.0. The predicted octanol–water partition coefficient (Wildman–Crippen LogP) is 2.04. The van der Waals surface area contributed by atoms with Crippen LogP contribution in [0, 0.1) is 6.92 Å². The molecule has 0 saturated carbocycles. The summed E-state index contributed by atoms with van der Waals surface area (Å²) < 4.78 is 0. The highest BCUT2D eigenvalue weighted by atomic mass is 16.3. The van der Waals surface area contributed by atoms with Crippen molar-refractivity contribution in [3.8, 4) is 11.1 Å². The minimum atomic E-state index is 0.0459. The molecule has 0 heterocycles. The van der Waals surface area contributed by atoms with E-state index in [2.05, 4.69) is 12.1 Å². The number of nitrogen functional groups attached to an aromatic ring is 1. The summed E-state index contributed by atoms with van der Waals surface area (Å²) in [5, 5.41) is 18.3. The van der Waals surface area contributed by atoms with Gasteiger partial charge < -0.3 is 20.8 Å². The first-order valence-electron chi connectivity index (χ1n) is 7.09. The second kappa shape index (κ2) is 7.11. The minimum Gasteiger partial charge on any atom is -0.398 e. The highest BCUT2D eigenvalue weighted by Crippen LogP contribution is 2.30. The number of nitrogens with two attached hydrogens (primary N) is 1. The third-order valence-electron chi connectivity index (χ3n) is 3.50. The third kappa shape index (κ3) is 3.74. The summed E-state index contributed by atoms with van der Waals surface area (Å²) >= 11 is 0. The Balaban J connectivity index is 2.38. The lowest BCUT2D eigenvalue weighted by Crippen LogP contribution is -2.29. The van der Waals surface area contributed by atoms with Crippen molar-refractivity contribution in [2.24, 2.45) is 0 Å². The van der Waals surface area contributed by atoms with Crippen LogP contribution in [0.1, 0.15) is 5.56 Å². The van der Waals surface area contributed by atoms with E-state index in [9.17, 15) is 0 Å². The predicted molar refractivity (Wildman–Crippen MR) is 87.4 cm³/mol. The van der Waals surface area contributed by atoms with E-state index in [-0.39, 0.29) is 13.2 Å². The van der Waals surface area contributed by atoms with E-state index in [1.54, 1.807) is 0 Å². The molecule has 0 aliphatic carbocycles. The van der Waals surface area contributed by atoms with Gasteiger partial charge >= 0.3 is 0 Å². The van der Waals surface area contributed by atoms with Gasteiger partial charge in [0.15, 0.2) is 0 Å². The molecule has 0 aliphatic heterocycles. The van der Waals surface area contributed by atoms with Crippen molar-refractivity contribution in [3.63, 3.8) is 0 Å². The van der Waals surface area contributed by atoms with Crippen LogP contribution in [0.4, 0.5) is 11.4 Å². The molecule has 0 unspecified atom stereocenters. The fourth-order valence-corrected chi connectivity index (χ4v) is 2.34. The standard InChI is InChI=1S/C17H22N2O2/c1-13-2-4-14(5-3-13)16-12-15(6-7-17(16)18)19(8-10-20)9-11-21/h2-7,12,20-21H,8-11,18H2,1H3. The van der Waals surface area contributed by atoms with Crippen LogP contribution in [0.25, 0.3) is 11.1 Å². The van der Waals surface area contributed by atoms with Crippen LogP contribution in [-0.2, 0) is 0 Å². The molecule has 4 N–H and O–H groups in total. The molecule has 4 nitrogen and oxygen atoms in total. The summed E-state index contributed by atoms with van der Waals surface area (Å²) in [6.07, 6.45) is 0. The first-order valence-corrected chi connectivity index (χ1v) is 7.09. The molecule has 0 spiro atoms. The van der Waals surface area contributed by atoms with Gasteiger partial charge in [0.1, 0.15) is 0 Å². The molecular formula is C17H22N2O2. The summed E-state index contributed by atoms with van der Waals surface area (Å²) in [4.78, 5) is 1.94. The number of rotatable bonds is 6. The molecular weight excluding hydrogens is 264 g/mol. The topological polar surface area (TPSA) is 69.7 Å². The van der Waals surface area contributed by atoms with Crippen molar-refractivity contribution in [2.45, 2.75) is 6.92 Å². The van der Waals surface area contributed by atoms with Gasteiger partial charge in [0.2, 0.25) is 0 Å². The maximum Gasteiger partial charge on any atom is 0.0606 e. The average molecular weight is 286 g/mol.